The van der Waals surface area contributed by atoms with Gasteiger partial charge in [0.2, 0.25) is 5.89 Å². The first-order valence-corrected chi connectivity index (χ1v) is 9.88. The molecule has 1 atom stereocenters. The molecule has 0 saturated heterocycles. The summed E-state index contributed by atoms with van der Waals surface area (Å²) in [5.41, 5.74) is 2.24. The van der Waals surface area contributed by atoms with E-state index in [0.717, 1.165) is 11.3 Å². The summed E-state index contributed by atoms with van der Waals surface area (Å²) in [4.78, 5) is 13.1. The number of aromatic nitrogens is 4. The van der Waals surface area contributed by atoms with E-state index in [4.69, 9.17) is 18.6 Å². The van der Waals surface area contributed by atoms with Crippen LogP contribution in [-0.2, 0) is 4.74 Å². The summed E-state index contributed by atoms with van der Waals surface area (Å²) < 4.78 is 23.3. The summed E-state index contributed by atoms with van der Waals surface area (Å²) in [6, 6.07) is 14.9. The predicted octanol–water partition coefficient (Wildman–Crippen LogP) is 4.17. The third-order valence-corrected chi connectivity index (χ3v) is 4.80. The number of rotatable bonds is 7. The lowest BCUT2D eigenvalue weighted by Crippen LogP contribution is -2.12. The Hall–Kier alpha value is -4.14. The highest BCUT2D eigenvalue weighted by atomic mass is 16.6. The summed E-state index contributed by atoms with van der Waals surface area (Å²) in [5.74, 6) is 1.10. The maximum Gasteiger partial charge on any atom is 0.360 e. The first kappa shape index (κ1) is 21.1. The number of aryl methyl sites for hydroxylation is 1. The van der Waals surface area contributed by atoms with Gasteiger partial charge in [-0.2, -0.15) is 5.10 Å². The molecule has 0 bridgehead atoms. The Morgan fingerprint density at radius 3 is 2.44 bits per heavy atom. The average molecular weight is 434 g/mol. The Kier molecular flexibility index (Phi) is 5.89. The molecule has 2 aromatic carbocycles. The molecule has 0 N–H and O–H groups in total. The van der Waals surface area contributed by atoms with Crippen molar-refractivity contribution in [1.82, 2.24) is 20.0 Å². The van der Waals surface area contributed by atoms with Crippen LogP contribution >= 0.6 is 0 Å². The Bertz CT molecular complexity index is 1230. The summed E-state index contributed by atoms with van der Waals surface area (Å²) in [6.07, 6.45) is 1.04. The maximum atomic E-state index is 13.1. The number of ether oxygens (including phenoxy) is 3. The molecule has 4 aromatic rings. The quantitative estimate of drug-likeness (QED) is 0.400. The standard InChI is InChI=1S/C23H22N4O5/c1-14(22-25-24-15(2)32-22)31-23(28)21-18(13-27(26-21)17-8-6-5-7-9-17)16-10-11-19(29-3)20(12-16)30-4/h5-14H,1-4H3. The van der Waals surface area contributed by atoms with E-state index in [0.29, 0.717) is 23.0 Å². The van der Waals surface area contributed by atoms with Crippen LogP contribution in [0.25, 0.3) is 16.8 Å². The van der Waals surface area contributed by atoms with Gasteiger partial charge in [0.15, 0.2) is 23.3 Å². The van der Waals surface area contributed by atoms with Gasteiger partial charge in [0, 0.05) is 18.7 Å². The van der Waals surface area contributed by atoms with Crippen molar-refractivity contribution in [1.29, 1.82) is 0 Å². The number of methoxy groups -OCH3 is 2. The van der Waals surface area contributed by atoms with Crippen LogP contribution < -0.4 is 9.47 Å². The van der Waals surface area contributed by atoms with Crippen LogP contribution in [0.5, 0.6) is 11.5 Å². The highest BCUT2D eigenvalue weighted by Crippen LogP contribution is 2.34. The second kappa shape index (κ2) is 8.93. The van der Waals surface area contributed by atoms with E-state index in [1.807, 2.05) is 36.4 Å². The zero-order valence-electron chi connectivity index (χ0n) is 18.1. The number of carbonyl (C=O) groups excluding carboxylic acids is 1. The van der Waals surface area contributed by atoms with Crippen LogP contribution in [0.1, 0.15) is 35.3 Å². The van der Waals surface area contributed by atoms with Gasteiger partial charge in [0.25, 0.3) is 5.89 Å². The van der Waals surface area contributed by atoms with Crippen molar-refractivity contribution in [3.05, 3.63) is 72.2 Å². The summed E-state index contributed by atoms with van der Waals surface area (Å²) in [7, 11) is 3.12. The van der Waals surface area contributed by atoms with Gasteiger partial charge < -0.3 is 18.6 Å². The molecule has 4 rings (SSSR count). The smallest absolute Gasteiger partial charge is 0.360 e. The molecule has 164 valence electrons. The number of para-hydroxylation sites is 1. The highest BCUT2D eigenvalue weighted by molar-refractivity contribution is 5.95. The molecule has 0 spiro atoms. The van der Waals surface area contributed by atoms with Gasteiger partial charge in [0.05, 0.1) is 19.9 Å². The fraction of sp³-hybridized carbons (Fsp3) is 0.217. The largest absolute Gasteiger partial charge is 0.493 e. The Balaban J connectivity index is 1.75. The lowest BCUT2D eigenvalue weighted by molar-refractivity contribution is 0.0270. The molecule has 0 radical (unpaired) electrons. The van der Waals surface area contributed by atoms with Gasteiger partial charge in [-0.15, -0.1) is 10.2 Å². The van der Waals surface area contributed by atoms with Crippen molar-refractivity contribution in [3.8, 4) is 28.3 Å². The lowest BCUT2D eigenvalue weighted by Gasteiger charge is -2.11. The number of esters is 1. The molecule has 0 aliphatic rings. The van der Waals surface area contributed by atoms with Crippen LogP contribution in [0.3, 0.4) is 0 Å². The second-order valence-corrected chi connectivity index (χ2v) is 6.95. The lowest BCUT2D eigenvalue weighted by atomic mass is 10.1. The predicted molar refractivity (Wildman–Crippen MR) is 115 cm³/mol. The van der Waals surface area contributed by atoms with E-state index in [2.05, 4.69) is 15.3 Å². The van der Waals surface area contributed by atoms with Crippen LogP contribution in [0, 0.1) is 6.92 Å². The Morgan fingerprint density at radius 1 is 1.03 bits per heavy atom. The van der Waals surface area contributed by atoms with Crippen LogP contribution in [-0.4, -0.2) is 40.2 Å². The molecule has 0 aliphatic heterocycles. The van der Waals surface area contributed by atoms with Crippen molar-refractivity contribution in [2.75, 3.05) is 14.2 Å². The number of hydrogen-bond donors (Lipinski definition) is 0. The molecule has 2 aromatic heterocycles. The molecule has 0 amide bonds. The van der Waals surface area contributed by atoms with Crippen molar-refractivity contribution in [2.45, 2.75) is 20.0 Å². The highest BCUT2D eigenvalue weighted by Gasteiger charge is 2.25. The van der Waals surface area contributed by atoms with Gasteiger partial charge in [-0.1, -0.05) is 24.3 Å². The number of benzene rings is 2. The van der Waals surface area contributed by atoms with Crippen molar-refractivity contribution >= 4 is 5.97 Å². The zero-order valence-corrected chi connectivity index (χ0v) is 18.1. The number of carbonyl (C=O) groups is 1. The van der Waals surface area contributed by atoms with Gasteiger partial charge >= 0.3 is 5.97 Å². The monoisotopic (exact) mass is 434 g/mol. The van der Waals surface area contributed by atoms with E-state index in [1.54, 1.807) is 51.1 Å². The molecule has 2 heterocycles. The van der Waals surface area contributed by atoms with Crippen molar-refractivity contribution < 1.29 is 23.4 Å². The molecular formula is C23H22N4O5. The van der Waals surface area contributed by atoms with Crippen LogP contribution in [0.2, 0.25) is 0 Å². The van der Waals surface area contributed by atoms with E-state index < -0.39 is 12.1 Å². The molecule has 9 heteroatoms. The SMILES string of the molecule is COc1ccc(-c2cn(-c3ccccc3)nc2C(=O)OC(C)c2nnc(C)o2)cc1OC. The van der Waals surface area contributed by atoms with E-state index in [-0.39, 0.29) is 11.6 Å². The first-order chi connectivity index (χ1) is 15.5. The van der Waals surface area contributed by atoms with Gasteiger partial charge in [-0.05, 0) is 36.8 Å². The van der Waals surface area contributed by atoms with Gasteiger partial charge in [-0.3, -0.25) is 0 Å². The molecule has 0 fully saturated rings. The van der Waals surface area contributed by atoms with Gasteiger partial charge in [0.1, 0.15) is 0 Å². The number of nitrogens with zero attached hydrogens (tertiary/aromatic N) is 4. The van der Waals surface area contributed by atoms with Crippen molar-refractivity contribution in [2.24, 2.45) is 0 Å². The van der Waals surface area contributed by atoms with E-state index >= 15 is 0 Å². The van der Waals surface area contributed by atoms with Gasteiger partial charge in [-0.25, -0.2) is 9.48 Å². The average Bonchev–Trinajstić information content (AvgIpc) is 3.46. The molecular weight excluding hydrogens is 412 g/mol. The maximum absolute atomic E-state index is 13.1. The topological polar surface area (TPSA) is 102 Å². The second-order valence-electron chi connectivity index (χ2n) is 6.95. The molecule has 1 unspecified atom stereocenters. The zero-order chi connectivity index (χ0) is 22.7. The van der Waals surface area contributed by atoms with Crippen molar-refractivity contribution in [3.63, 3.8) is 0 Å². The summed E-state index contributed by atoms with van der Waals surface area (Å²) in [5, 5.41) is 12.2. The fourth-order valence-corrected chi connectivity index (χ4v) is 3.20. The Morgan fingerprint density at radius 2 is 1.78 bits per heavy atom. The molecule has 0 aliphatic carbocycles. The summed E-state index contributed by atoms with van der Waals surface area (Å²) >= 11 is 0. The minimum Gasteiger partial charge on any atom is -0.493 e. The van der Waals surface area contributed by atoms with E-state index in [9.17, 15) is 4.79 Å². The Labute approximate surface area is 184 Å². The summed E-state index contributed by atoms with van der Waals surface area (Å²) in [6.45, 7) is 3.33. The third kappa shape index (κ3) is 4.18. The normalized spacial score (nSPS) is 11.8. The molecule has 0 saturated carbocycles. The molecule has 9 nitrogen and oxygen atoms in total. The minimum absolute atomic E-state index is 0.143. The fourth-order valence-electron chi connectivity index (χ4n) is 3.20. The number of hydrogen-bond acceptors (Lipinski definition) is 8. The molecule has 32 heavy (non-hydrogen) atoms. The minimum atomic E-state index is -0.733. The third-order valence-electron chi connectivity index (χ3n) is 4.80. The van der Waals surface area contributed by atoms with Crippen LogP contribution in [0.4, 0.5) is 0 Å². The van der Waals surface area contributed by atoms with E-state index in [1.165, 1.54) is 0 Å². The van der Waals surface area contributed by atoms with Crippen LogP contribution in [0.15, 0.2) is 59.1 Å². The first-order valence-electron chi connectivity index (χ1n) is 9.88.